The van der Waals surface area contributed by atoms with Crippen LogP contribution in [0.1, 0.15) is 156 Å². The van der Waals surface area contributed by atoms with Crippen LogP contribution < -0.4 is 45.9 Å². The van der Waals surface area contributed by atoms with Gasteiger partial charge in [0.15, 0.2) is 0 Å². The summed E-state index contributed by atoms with van der Waals surface area (Å²) in [6, 6.07) is 51.6. The Labute approximate surface area is 567 Å². The molecule has 3 heterocycles. The van der Waals surface area contributed by atoms with Crippen molar-refractivity contribution in [3.63, 3.8) is 0 Å². The van der Waals surface area contributed by atoms with Gasteiger partial charge in [0.2, 0.25) is 12.0 Å². The predicted octanol–water partition coefficient (Wildman–Crippen LogP) is 10.1. The van der Waals surface area contributed by atoms with E-state index in [0.717, 1.165) is 83.4 Å². The number of nitrogens with two attached hydrogens (primary N) is 1. The van der Waals surface area contributed by atoms with E-state index in [-0.39, 0.29) is 35.6 Å². The van der Waals surface area contributed by atoms with E-state index < -0.39 is 17.9 Å². The maximum atomic E-state index is 12.9. The number of hydrogen-bond acceptors (Lipinski definition) is 15. The summed E-state index contributed by atoms with van der Waals surface area (Å²) in [5.74, 6) is -1.33. The molecule has 3 aliphatic heterocycles. The molecule has 19 heteroatoms. The number of carbonyl (C=O) groups excluding carboxylic acids is 6. The van der Waals surface area contributed by atoms with E-state index in [2.05, 4.69) is 109 Å². The number of benzene rings is 5. The molecule has 5 aromatic rings. The van der Waals surface area contributed by atoms with Gasteiger partial charge in [-0.05, 0) is 101 Å². The second kappa shape index (κ2) is 67.1. The van der Waals surface area contributed by atoms with Crippen LogP contribution in [0.2, 0.25) is 0 Å². The van der Waals surface area contributed by atoms with Crippen molar-refractivity contribution in [1.82, 2.24) is 30.2 Å². The standard InChI is InChI=1S/C21H27N3O.C13H20N2.C8H7NO.C7H9N.C6H11NO.C4H6O4.C2H3BO2.5C2H6.Na/c1-23-14-12-20(13-15-23)24(17-19-10-6-3-7-11-19)21(25)22-16-18-8-4-2-5-9-18;1-15-9-7-13(8-10-15)14-11-12-5-3-2-4-6-12;10-7-9-6-8-4-2-1-3-5-8;8-6-7-4-2-1-3-5-7;1-7-4-2-6(8)3-5-7;1-3(5)7-8-4(2)6;1-2(4)5-3;5*1-2;/h2-11,20H,12-17H2,1H3,(H,22,25);2-6,13-14H,7-11H2,1H3;1-5H,6H2;1-5H,6,8H2;2-5H2,1H3;1-2H3;1H3;5*1-2H3;/q;;;;;;-1;;;;;;+1. The van der Waals surface area contributed by atoms with E-state index >= 15 is 0 Å². The second-order valence-corrected chi connectivity index (χ2v) is 18.9. The van der Waals surface area contributed by atoms with Gasteiger partial charge in [-0.1, -0.05) is 221 Å². The van der Waals surface area contributed by atoms with Crippen molar-refractivity contribution in [2.24, 2.45) is 10.7 Å². The number of amides is 2. The fraction of sp³-hybridized carbons (Fsp3) is 0.493. The summed E-state index contributed by atoms with van der Waals surface area (Å²) >= 11 is 0. The molecule has 17 nitrogen and oxygen atoms in total. The van der Waals surface area contributed by atoms with Crippen LogP contribution in [0.3, 0.4) is 0 Å². The van der Waals surface area contributed by atoms with Crippen LogP contribution in [0.15, 0.2) is 157 Å². The zero-order chi connectivity index (χ0) is 67.9. The van der Waals surface area contributed by atoms with Gasteiger partial charge in [0.05, 0.1) is 6.54 Å². The van der Waals surface area contributed by atoms with Crippen LogP contribution in [0, 0.1) is 0 Å². The van der Waals surface area contributed by atoms with Crippen molar-refractivity contribution in [2.45, 2.75) is 173 Å². The van der Waals surface area contributed by atoms with Crippen molar-refractivity contribution < 1.29 is 72.8 Å². The Kier molecular flexibility index (Phi) is 68.9. The van der Waals surface area contributed by atoms with Crippen molar-refractivity contribution in [3.05, 3.63) is 179 Å². The smallest absolute Gasteiger partial charge is 0.793 e. The van der Waals surface area contributed by atoms with E-state index in [4.69, 9.17) is 5.73 Å². The number of piperidine rings is 3. The summed E-state index contributed by atoms with van der Waals surface area (Å²) in [6.07, 6.45) is 7.63. The number of urea groups is 1. The number of rotatable bonds is 11. The Morgan fingerprint density at radius 1 is 0.533 bits per heavy atom. The van der Waals surface area contributed by atoms with Crippen LogP contribution in [0.5, 0.6) is 0 Å². The summed E-state index contributed by atoms with van der Waals surface area (Å²) in [6.45, 7) is 33.3. The maximum Gasteiger partial charge on any atom is 1.00 e. The van der Waals surface area contributed by atoms with Crippen molar-refractivity contribution in [3.8, 4) is 0 Å². The minimum atomic E-state index is -0.639. The molecule has 495 valence electrons. The molecule has 0 aromatic heterocycles. The number of nitrogens with one attached hydrogen (secondary N) is 2. The molecule has 8 rings (SSSR count). The molecule has 3 radical (unpaired) electrons. The molecule has 90 heavy (non-hydrogen) atoms. The SMILES string of the molecule is CC.CC.CC.CC.CC.CC(=O)OOC(C)=O.CN1CCC(=O)CC1.CN1CCC(N(Cc2ccccc2)C(=O)NCc2ccccc2)CC1.CN1CCC(NCc2ccccc2)CC1.NCc1ccccc1.O=C=NCc1ccccc1.[B-]OC(C)=O.[Na+]. The fourth-order valence-corrected chi connectivity index (χ4v) is 7.71. The topological polar surface area (TPSA) is 206 Å². The molecule has 0 saturated carbocycles. The van der Waals surface area contributed by atoms with Crippen molar-refractivity contribution in [2.75, 3.05) is 60.4 Å². The minimum Gasteiger partial charge on any atom is -0.793 e. The van der Waals surface area contributed by atoms with E-state index in [0.29, 0.717) is 44.0 Å². The molecule has 0 unspecified atom stereocenters. The first kappa shape index (κ1) is 92.4. The van der Waals surface area contributed by atoms with Crippen LogP contribution >= 0.6 is 0 Å². The summed E-state index contributed by atoms with van der Waals surface area (Å²) in [4.78, 5) is 82.3. The van der Waals surface area contributed by atoms with Gasteiger partial charge in [-0.2, -0.15) is 0 Å². The third-order valence-electron chi connectivity index (χ3n) is 12.3. The number of carbonyl (C=O) groups is 5. The quantitative estimate of drug-likeness (QED) is 0.0370. The van der Waals surface area contributed by atoms with Gasteiger partial charge in [0.25, 0.3) is 0 Å². The summed E-state index contributed by atoms with van der Waals surface area (Å²) in [7, 11) is 10.7. The van der Waals surface area contributed by atoms with Gasteiger partial charge >= 0.3 is 47.5 Å². The molecule has 4 N–H and O–H groups in total. The Morgan fingerprint density at radius 2 is 0.867 bits per heavy atom. The Hall–Kier alpha value is -6.31. The molecular weight excluding hydrogens is 1140 g/mol. The monoisotopic (exact) mass is 1260 g/mol. The van der Waals surface area contributed by atoms with Gasteiger partial charge in [-0.25, -0.2) is 33.9 Å². The predicted molar refractivity (Wildman–Crippen MR) is 367 cm³/mol. The van der Waals surface area contributed by atoms with Gasteiger partial charge in [-0.15, -0.1) is 0 Å². The first-order valence-corrected chi connectivity index (χ1v) is 31.6. The van der Waals surface area contributed by atoms with Gasteiger partial charge in [0, 0.05) is 85.0 Å². The Bertz CT molecular complexity index is 2430. The number of ketones is 1. The molecule has 3 fully saturated rings. The maximum absolute atomic E-state index is 12.9. The third kappa shape index (κ3) is 54.6. The van der Waals surface area contributed by atoms with Crippen molar-refractivity contribution in [1.29, 1.82) is 0 Å². The van der Waals surface area contributed by atoms with Crippen LogP contribution in [-0.4, -0.2) is 136 Å². The van der Waals surface area contributed by atoms with E-state index in [1.807, 2.05) is 190 Å². The summed E-state index contributed by atoms with van der Waals surface area (Å²) < 4.78 is 3.61. The molecule has 0 aliphatic carbocycles. The molecule has 5 aromatic carbocycles. The zero-order valence-electron chi connectivity index (χ0n) is 58.2. The first-order valence-electron chi connectivity index (χ1n) is 31.6. The Balaban J connectivity index is -0.000000322. The summed E-state index contributed by atoms with van der Waals surface area (Å²) in [5.41, 5.74) is 11.3. The number of likely N-dealkylation sites (tertiary alicyclic amines) is 3. The van der Waals surface area contributed by atoms with Crippen LogP contribution in [0.4, 0.5) is 4.79 Å². The van der Waals surface area contributed by atoms with Crippen LogP contribution in [-0.2, 0) is 71.1 Å². The van der Waals surface area contributed by atoms with Crippen molar-refractivity contribution >= 4 is 43.9 Å². The zero-order valence-corrected chi connectivity index (χ0v) is 60.2. The fourth-order valence-electron chi connectivity index (χ4n) is 7.71. The molecule has 0 bridgehead atoms. The molecule has 0 atom stereocenters. The number of isocyanates is 1. The van der Waals surface area contributed by atoms with Gasteiger partial charge in [-0.3, -0.25) is 9.59 Å². The normalized spacial score (nSPS) is 12.8. The molecule has 0 spiro atoms. The molecular formula is C71H113BN8NaO9. The average Bonchev–Trinajstić information content (AvgIpc) is 3.43. The van der Waals surface area contributed by atoms with E-state index in [1.165, 1.54) is 55.6 Å². The molecule has 2 amide bonds. The minimum absolute atomic E-state index is 0. The number of hydrogen-bond donors (Lipinski definition) is 3. The first-order chi connectivity index (χ1) is 43.1. The van der Waals surface area contributed by atoms with Gasteiger partial charge < -0.3 is 48.7 Å². The third-order valence-corrected chi connectivity index (χ3v) is 12.3. The Morgan fingerprint density at radius 3 is 1.20 bits per heavy atom. The average molecular weight is 1260 g/mol. The second-order valence-electron chi connectivity index (χ2n) is 18.9. The van der Waals surface area contributed by atoms with Gasteiger partial charge in [0.1, 0.15) is 5.78 Å². The number of nitrogens with zero attached hydrogens (tertiary/aromatic N) is 5. The summed E-state index contributed by atoms with van der Waals surface area (Å²) in [5, 5.41) is 6.73. The number of aliphatic imine (C=N–C) groups is 1. The van der Waals surface area contributed by atoms with E-state index in [1.54, 1.807) is 0 Å². The molecule has 3 saturated heterocycles. The molecule has 3 aliphatic rings. The number of Topliss-reactive ketones (excluding diaryl/α,β-unsaturated/α-hetero) is 1. The van der Waals surface area contributed by atoms with Crippen LogP contribution in [0.25, 0.3) is 0 Å². The largest absolute Gasteiger partial charge is 1.00 e. The van der Waals surface area contributed by atoms with E-state index in [9.17, 15) is 28.8 Å².